The van der Waals surface area contributed by atoms with E-state index in [1.807, 2.05) is 7.05 Å². The molecule has 0 aromatic heterocycles. The third kappa shape index (κ3) is 2.68. The average molecular weight is 236 g/mol. The number of aromatic carboxylic acids is 1. The van der Waals surface area contributed by atoms with Crippen LogP contribution < -0.4 is 15.4 Å². The van der Waals surface area contributed by atoms with Crippen LogP contribution in [0.1, 0.15) is 16.8 Å². The molecule has 0 fully saturated rings. The number of carboxylic acids is 1. The molecule has 0 saturated heterocycles. The molecule has 5 nitrogen and oxygen atoms in total. The van der Waals surface area contributed by atoms with Gasteiger partial charge in [0.15, 0.2) is 0 Å². The van der Waals surface area contributed by atoms with Crippen molar-refractivity contribution in [3.63, 3.8) is 0 Å². The predicted molar refractivity (Wildman–Crippen MR) is 64.9 cm³/mol. The number of carbonyl (C=O) groups is 1. The normalized spacial score (nSPS) is 17.8. The van der Waals surface area contributed by atoms with Crippen LogP contribution in [0.4, 0.5) is 5.69 Å². The fourth-order valence-corrected chi connectivity index (χ4v) is 1.82. The maximum Gasteiger partial charge on any atom is 0.335 e. The molecule has 1 unspecified atom stereocenters. The van der Waals surface area contributed by atoms with Crippen LogP contribution in [0.2, 0.25) is 0 Å². The van der Waals surface area contributed by atoms with Crippen molar-refractivity contribution in [1.82, 2.24) is 5.32 Å². The summed E-state index contributed by atoms with van der Waals surface area (Å²) >= 11 is 0. The van der Waals surface area contributed by atoms with E-state index in [1.165, 1.54) is 0 Å². The molecule has 0 radical (unpaired) electrons. The van der Waals surface area contributed by atoms with Gasteiger partial charge in [0.05, 0.1) is 17.3 Å². The van der Waals surface area contributed by atoms with E-state index >= 15 is 0 Å². The van der Waals surface area contributed by atoms with Gasteiger partial charge in [0.25, 0.3) is 0 Å². The minimum Gasteiger partial charge on any atom is -0.489 e. The lowest BCUT2D eigenvalue weighted by atomic mass is 10.1. The molecule has 1 aromatic rings. The first kappa shape index (κ1) is 11.7. The third-order valence-electron chi connectivity index (χ3n) is 2.77. The van der Waals surface area contributed by atoms with Gasteiger partial charge >= 0.3 is 5.97 Å². The molecule has 0 bridgehead atoms. The molecule has 0 amide bonds. The second kappa shape index (κ2) is 5.05. The molecule has 92 valence electrons. The minimum atomic E-state index is -0.936. The molecule has 0 spiro atoms. The second-order valence-electron chi connectivity index (χ2n) is 4.06. The quantitative estimate of drug-likeness (QED) is 0.732. The van der Waals surface area contributed by atoms with E-state index in [1.54, 1.807) is 18.2 Å². The van der Waals surface area contributed by atoms with Crippen molar-refractivity contribution in [3.8, 4) is 5.75 Å². The van der Waals surface area contributed by atoms with E-state index in [-0.39, 0.29) is 11.6 Å². The van der Waals surface area contributed by atoms with Gasteiger partial charge < -0.3 is 20.5 Å². The molecule has 2 rings (SSSR count). The van der Waals surface area contributed by atoms with Gasteiger partial charge in [0.2, 0.25) is 0 Å². The largest absolute Gasteiger partial charge is 0.489 e. The van der Waals surface area contributed by atoms with Crippen molar-refractivity contribution in [3.05, 3.63) is 23.8 Å². The van der Waals surface area contributed by atoms with Crippen molar-refractivity contribution in [2.75, 3.05) is 25.5 Å². The van der Waals surface area contributed by atoms with Gasteiger partial charge in [-0.25, -0.2) is 4.79 Å². The van der Waals surface area contributed by atoms with Gasteiger partial charge in [0.1, 0.15) is 12.4 Å². The summed E-state index contributed by atoms with van der Waals surface area (Å²) in [5.41, 5.74) is 1.11. The van der Waals surface area contributed by atoms with Gasteiger partial charge in [-0.05, 0) is 38.2 Å². The number of ether oxygens (including phenoxy) is 1. The lowest BCUT2D eigenvalue weighted by Gasteiger charge is -2.27. The van der Waals surface area contributed by atoms with E-state index in [0.29, 0.717) is 12.4 Å². The molecule has 0 saturated carbocycles. The fourth-order valence-electron chi connectivity index (χ4n) is 1.82. The number of anilines is 1. The number of carboxylic acid groups (broad SMARTS) is 1. The molecule has 1 aliphatic heterocycles. The second-order valence-corrected chi connectivity index (χ2v) is 4.06. The van der Waals surface area contributed by atoms with Crippen LogP contribution in [0.15, 0.2) is 18.2 Å². The number of benzene rings is 1. The summed E-state index contributed by atoms with van der Waals surface area (Å²) in [6, 6.07) is 5.16. The third-order valence-corrected chi connectivity index (χ3v) is 2.77. The molecule has 3 N–H and O–H groups in total. The number of fused-ring (bicyclic) bond motifs is 1. The van der Waals surface area contributed by atoms with Gasteiger partial charge in [-0.1, -0.05) is 0 Å². The molecule has 1 aliphatic rings. The van der Waals surface area contributed by atoms with Gasteiger partial charge in [-0.2, -0.15) is 0 Å². The zero-order valence-electron chi connectivity index (χ0n) is 9.69. The monoisotopic (exact) mass is 236 g/mol. The first-order valence-corrected chi connectivity index (χ1v) is 5.62. The Labute approximate surface area is 99.8 Å². The van der Waals surface area contributed by atoms with Crippen molar-refractivity contribution < 1.29 is 14.6 Å². The summed E-state index contributed by atoms with van der Waals surface area (Å²) < 4.78 is 5.57. The summed E-state index contributed by atoms with van der Waals surface area (Å²) in [6.07, 6.45) is 0.969. The number of rotatable bonds is 4. The summed E-state index contributed by atoms with van der Waals surface area (Å²) in [7, 11) is 1.91. The summed E-state index contributed by atoms with van der Waals surface area (Å²) in [6.45, 7) is 1.49. The Morgan fingerprint density at radius 2 is 2.47 bits per heavy atom. The van der Waals surface area contributed by atoms with E-state index < -0.39 is 5.97 Å². The van der Waals surface area contributed by atoms with Crippen LogP contribution in [-0.2, 0) is 0 Å². The van der Waals surface area contributed by atoms with Crippen LogP contribution in [-0.4, -0.2) is 37.3 Å². The average Bonchev–Trinajstić information content (AvgIpc) is 2.35. The lowest BCUT2D eigenvalue weighted by molar-refractivity contribution is 0.0696. The van der Waals surface area contributed by atoms with Crippen LogP contribution in [0.3, 0.4) is 0 Å². The lowest BCUT2D eigenvalue weighted by Crippen LogP contribution is -2.33. The van der Waals surface area contributed by atoms with E-state index in [0.717, 1.165) is 18.7 Å². The van der Waals surface area contributed by atoms with Crippen molar-refractivity contribution in [1.29, 1.82) is 0 Å². The van der Waals surface area contributed by atoms with Crippen LogP contribution in [0.25, 0.3) is 0 Å². The number of hydrogen-bond donors (Lipinski definition) is 3. The van der Waals surface area contributed by atoms with Gasteiger partial charge in [0, 0.05) is 0 Å². The van der Waals surface area contributed by atoms with Crippen molar-refractivity contribution in [2.45, 2.75) is 12.5 Å². The zero-order chi connectivity index (χ0) is 12.3. The Kier molecular flexibility index (Phi) is 3.49. The Bertz CT molecular complexity index is 420. The molecule has 1 atom stereocenters. The fraction of sp³-hybridized carbons (Fsp3) is 0.417. The Morgan fingerprint density at radius 3 is 3.18 bits per heavy atom. The SMILES string of the molecule is CNCCC1COc2cc(C(=O)O)ccc2N1. The van der Waals surface area contributed by atoms with Crippen molar-refractivity contribution >= 4 is 11.7 Å². The highest BCUT2D eigenvalue weighted by Gasteiger charge is 2.19. The Morgan fingerprint density at radius 1 is 1.65 bits per heavy atom. The molecular formula is C12H16N2O3. The maximum absolute atomic E-state index is 10.8. The summed E-state index contributed by atoms with van der Waals surface area (Å²) in [5, 5.41) is 15.3. The number of nitrogens with one attached hydrogen (secondary N) is 2. The van der Waals surface area contributed by atoms with Crippen LogP contribution in [0, 0.1) is 0 Å². The molecule has 5 heteroatoms. The molecular weight excluding hydrogens is 220 g/mol. The van der Waals surface area contributed by atoms with Gasteiger partial charge in [-0.15, -0.1) is 0 Å². The van der Waals surface area contributed by atoms with E-state index in [9.17, 15) is 4.79 Å². The number of hydrogen-bond acceptors (Lipinski definition) is 4. The zero-order valence-corrected chi connectivity index (χ0v) is 9.69. The first-order chi connectivity index (χ1) is 8.20. The standard InChI is InChI=1S/C12H16N2O3/c1-13-5-4-9-7-17-11-6-8(12(15)16)2-3-10(11)14-9/h2-3,6,9,13-14H,4-5,7H2,1H3,(H,15,16). The summed E-state index contributed by atoms with van der Waals surface area (Å²) in [5.74, 6) is -0.320. The molecule has 0 aliphatic carbocycles. The van der Waals surface area contributed by atoms with Crippen molar-refractivity contribution in [2.24, 2.45) is 0 Å². The highest BCUT2D eigenvalue weighted by Crippen LogP contribution is 2.30. The highest BCUT2D eigenvalue weighted by atomic mass is 16.5. The van der Waals surface area contributed by atoms with Gasteiger partial charge in [-0.3, -0.25) is 0 Å². The molecule has 1 aromatic carbocycles. The topological polar surface area (TPSA) is 70.6 Å². The van der Waals surface area contributed by atoms with E-state index in [4.69, 9.17) is 9.84 Å². The molecule has 17 heavy (non-hydrogen) atoms. The molecule has 1 heterocycles. The highest BCUT2D eigenvalue weighted by molar-refractivity contribution is 5.89. The van der Waals surface area contributed by atoms with Crippen LogP contribution >= 0.6 is 0 Å². The van der Waals surface area contributed by atoms with Crippen LogP contribution in [0.5, 0.6) is 5.75 Å². The van der Waals surface area contributed by atoms with E-state index in [2.05, 4.69) is 10.6 Å². The smallest absolute Gasteiger partial charge is 0.335 e. The predicted octanol–water partition coefficient (Wildman–Crippen LogP) is 1.17. The summed E-state index contributed by atoms with van der Waals surface area (Å²) in [4.78, 5) is 10.8. The maximum atomic E-state index is 10.8. The Hall–Kier alpha value is -1.75. The minimum absolute atomic E-state index is 0.249. The first-order valence-electron chi connectivity index (χ1n) is 5.62. The Balaban J connectivity index is 2.09.